The van der Waals surface area contributed by atoms with Gasteiger partial charge in [0.05, 0.1) is 18.9 Å². The predicted molar refractivity (Wildman–Crippen MR) is 139 cm³/mol. The lowest BCUT2D eigenvalue weighted by molar-refractivity contribution is 0.122. The number of ether oxygens (including phenoxy) is 1. The molecule has 0 bridgehead atoms. The lowest BCUT2D eigenvalue weighted by atomic mass is 10.1. The normalized spacial score (nSPS) is 17.5. The average Bonchev–Trinajstić information content (AvgIpc) is 2.88. The summed E-state index contributed by atoms with van der Waals surface area (Å²) >= 11 is 0. The summed E-state index contributed by atoms with van der Waals surface area (Å²) in [6.07, 6.45) is 6.14. The lowest BCUT2D eigenvalue weighted by Crippen LogP contribution is -2.46. The van der Waals surface area contributed by atoms with Crippen molar-refractivity contribution in [2.45, 2.75) is 14.4 Å². The van der Waals surface area contributed by atoms with Crippen LogP contribution >= 0.6 is 0 Å². The maximum Gasteiger partial charge on any atom is 0.137 e. The fourth-order valence-corrected chi connectivity index (χ4v) is 4.46. The van der Waals surface area contributed by atoms with Gasteiger partial charge in [0, 0.05) is 50.9 Å². The molecule has 0 aliphatic carbocycles. The quantitative estimate of drug-likeness (QED) is 0.580. The Labute approximate surface area is 197 Å². The summed E-state index contributed by atoms with van der Waals surface area (Å²) < 4.78 is 5.43. The maximum absolute atomic E-state index is 5.43. The average molecular weight is 446 g/mol. The predicted octanol–water partition coefficient (Wildman–Crippen LogP) is 4.41. The van der Waals surface area contributed by atoms with Crippen molar-refractivity contribution in [2.75, 3.05) is 68.8 Å². The van der Waals surface area contributed by atoms with Crippen molar-refractivity contribution in [3.05, 3.63) is 59.9 Å². The Kier molecular flexibility index (Phi) is 7.57. The van der Waals surface area contributed by atoms with E-state index in [2.05, 4.69) is 81.2 Å². The minimum absolute atomic E-state index is 0. The number of nitrogens with zero attached hydrogens (tertiary/aromatic N) is 5. The summed E-state index contributed by atoms with van der Waals surface area (Å²) in [7, 11) is 0. The van der Waals surface area contributed by atoms with Gasteiger partial charge in [-0.15, -0.1) is 0 Å². The molecule has 3 aromatic rings. The highest BCUT2D eigenvalue weighted by atomic mass is 16.5. The lowest BCUT2D eigenvalue weighted by Gasteiger charge is -2.35. The summed E-state index contributed by atoms with van der Waals surface area (Å²) in [4.78, 5) is 16.9. The number of aromatic nitrogens is 2. The van der Waals surface area contributed by atoms with Crippen molar-refractivity contribution in [3.8, 4) is 0 Å². The van der Waals surface area contributed by atoms with Gasteiger partial charge in [-0.1, -0.05) is 44.7 Å². The van der Waals surface area contributed by atoms with Crippen LogP contribution in [0.2, 0.25) is 0 Å². The highest BCUT2D eigenvalue weighted by Crippen LogP contribution is 2.27. The summed E-state index contributed by atoms with van der Waals surface area (Å²) in [5, 5.41) is 2.46. The van der Waals surface area contributed by atoms with Crippen LogP contribution in [0.25, 0.3) is 22.9 Å². The molecule has 2 saturated heterocycles. The van der Waals surface area contributed by atoms with Crippen LogP contribution in [0.5, 0.6) is 0 Å². The molecule has 0 N–H and O–H groups in total. The topological polar surface area (TPSA) is 44.7 Å². The molecule has 5 rings (SSSR count). The van der Waals surface area contributed by atoms with Crippen LogP contribution in [0.15, 0.2) is 48.7 Å². The largest absolute Gasteiger partial charge is 0.378 e. The third-order valence-electron chi connectivity index (χ3n) is 6.41. The molecule has 4 heterocycles. The third-order valence-corrected chi connectivity index (χ3v) is 6.41. The Morgan fingerprint density at radius 1 is 0.909 bits per heavy atom. The number of morpholine rings is 1. The monoisotopic (exact) mass is 445 g/mol. The minimum Gasteiger partial charge on any atom is -0.378 e. The number of rotatable bonds is 5. The zero-order chi connectivity index (χ0) is 21.8. The van der Waals surface area contributed by atoms with Crippen molar-refractivity contribution >= 4 is 34.6 Å². The number of benzene rings is 1. The van der Waals surface area contributed by atoms with Gasteiger partial charge in [-0.25, -0.2) is 9.97 Å². The molecule has 0 unspecified atom stereocenters. The van der Waals surface area contributed by atoms with E-state index in [4.69, 9.17) is 9.72 Å². The molecule has 6 nitrogen and oxygen atoms in total. The standard InChI is InChI=1S/C26H31N5O.CH4/c1-2-29-11-13-31(14-12-29)26-24-6-4-3-5-22(24)19-23(28-26)9-7-21-8-10-25(27-20-21)30-15-17-32-18-16-30;/h3-10,19-20H,2,11-18H2,1H3;1H4/b9-7+;. The Morgan fingerprint density at radius 2 is 1.70 bits per heavy atom. The molecule has 2 aliphatic rings. The van der Waals surface area contributed by atoms with Crippen LogP contribution in [-0.2, 0) is 4.74 Å². The van der Waals surface area contributed by atoms with Gasteiger partial charge >= 0.3 is 0 Å². The molecule has 2 aliphatic heterocycles. The molecule has 33 heavy (non-hydrogen) atoms. The molecule has 0 saturated carbocycles. The second-order valence-electron chi connectivity index (χ2n) is 8.40. The van der Waals surface area contributed by atoms with Gasteiger partial charge in [-0.2, -0.15) is 0 Å². The second kappa shape index (κ2) is 10.8. The first-order valence-corrected chi connectivity index (χ1v) is 11.6. The fraction of sp³-hybridized carbons (Fsp3) is 0.407. The van der Waals surface area contributed by atoms with E-state index in [1.807, 2.05) is 6.20 Å². The molecule has 2 aromatic heterocycles. The van der Waals surface area contributed by atoms with E-state index in [1.165, 1.54) is 10.8 Å². The van der Waals surface area contributed by atoms with Gasteiger partial charge in [0.2, 0.25) is 0 Å². The van der Waals surface area contributed by atoms with Crippen molar-refractivity contribution in [1.82, 2.24) is 14.9 Å². The zero-order valence-corrected chi connectivity index (χ0v) is 18.8. The number of hydrogen-bond acceptors (Lipinski definition) is 6. The van der Waals surface area contributed by atoms with Crippen LogP contribution in [0.3, 0.4) is 0 Å². The van der Waals surface area contributed by atoms with E-state index in [0.717, 1.165) is 81.9 Å². The Balaban J connectivity index is 0.00000259. The van der Waals surface area contributed by atoms with E-state index >= 15 is 0 Å². The first-order valence-electron chi connectivity index (χ1n) is 11.6. The molecule has 0 amide bonds. The van der Waals surface area contributed by atoms with E-state index in [-0.39, 0.29) is 7.43 Å². The summed E-state index contributed by atoms with van der Waals surface area (Å²) in [5.41, 5.74) is 2.06. The first-order chi connectivity index (χ1) is 15.8. The van der Waals surface area contributed by atoms with Gasteiger partial charge in [-0.05, 0) is 41.8 Å². The molecule has 1 aromatic carbocycles. The van der Waals surface area contributed by atoms with Crippen molar-refractivity contribution in [2.24, 2.45) is 0 Å². The molecule has 6 heteroatoms. The van der Waals surface area contributed by atoms with Gasteiger partial charge in [-0.3, -0.25) is 0 Å². The summed E-state index contributed by atoms with van der Waals surface area (Å²) in [5.74, 6) is 2.11. The van der Waals surface area contributed by atoms with E-state index in [9.17, 15) is 0 Å². The summed E-state index contributed by atoms with van der Waals surface area (Å²) in [6.45, 7) is 10.9. The second-order valence-corrected chi connectivity index (χ2v) is 8.40. The fourth-order valence-electron chi connectivity index (χ4n) is 4.46. The maximum atomic E-state index is 5.43. The number of pyridine rings is 2. The van der Waals surface area contributed by atoms with Crippen molar-refractivity contribution < 1.29 is 4.74 Å². The van der Waals surface area contributed by atoms with E-state index < -0.39 is 0 Å². The van der Waals surface area contributed by atoms with Crippen LogP contribution in [0.4, 0.5) is 11.6 Å². The SMILES string of the molecule is C.CCN1CCN(c2nc(/C=C/c3ccc(N4CCOCC4)nc3)cc3ccccc23)CC1. The van der Waals surface area contributed by atoms with Crippen LogP contribution in [0, 0.1) is 0 Å². The smallest absolute Gasteiger partial charge is 0.137 e. The van der Waals surface area contributed by atoms with Crippen molar-refractivity contribution in [1.29, 1.82) is 0 Å². The number of anilines is 2. The number of likely N-dealkylation sites (N-methyl/N-ethyl adjacent to an activating group) is 1. The molecule has 174 valence electrons. The molecular weight excluding hydrogens is 410 g/mol. The minimum atomic E-state index is 0. The van der Waals surface area contributed by atoms with Crippen LogP contribution < -0.4 is 9.80 Å². The molecule has 2 fully saturated rings. The highest BCUT2D eigenvalue weighted by molar-refractivity contribution is 5.94. The van der Waals surface area contributed by atoms with Gasteiger partial charge in [0.25, 0.3) is 0 Å². The van der Waals surface area contributed by atoms with E-state index in [0.29, 0.717) is 0 Å². The van der Waals surface area contributed by atoms with Crippen molar-refractivity contribution in [3.63, 3.8) is 0 Å². The van der Waals surface area contributed by atoms with Gasteiger partial charge in [0.15, 0.2) is 0 Å². The van der Waals surface area contributed by atoms with Crippen LogP contribution in [0.1, 0.15) is 25.6 Å². The van der Waals surface area contributed by atoms with Gasteiger partial charge in [0.1, 0.15) is 11.6 Å². The van der Waals surface area contributed by atoms with E-state index in [1.54, 1.807) is 0 Å². The number of fused-ring (bicyclic) bond motifs is 1. The molecular formula is C27H35N5O. The first kappa shape index (κ1) is 23.2. The number of hydrogen-bond donors (Lipinski definition) is 0. The third kappa shape index (κ3) is 5.34. The van der Waals surface area contributed by atoms with Gasteiger partial charge < -0.3 is 19.4 Å². The highest BCUT2D eigenvalue weighted by Gasteiger charge is 2.19. The number of piperazine rings is 1. The Hall–Kier alpha value is -2.96. The summed E-state index contributed by atoms with van der Waals surface area (Å²) in [6, 6.07) is 15.0. The van der Waals surface area contributed by atoms with Crippen LogP contribution in [-0.4, -0.2) is 73.9 Å². The Bertz CT molecular complexity index is 1070. The molecule has 0 radical (unpaired) electrons. The zero-order valence-electron chi connectivity index (χ0n) is 18.8. The Morgan fingerprint density at radius 3 is 2.42 bits per heavy atom. The molecule has 0 spiro atoms. The molecule has 0 atom stereocenters.